The SMILES string of the molecule is CCCCc1cnc(NC(=O)[C@@H](C)N2Cc3ccccc3C2=O)nc1. The van der Waals surface area contributed by atoms with Crippen molar-refractivity contribution in [3.8, 4) is 0 Å². The summed E-state index contributed by atoms with van der Waals surface area (Å²) in [5.74, 6) is -0.141. The molecule has 0 bridgehead atoms. The number of carbonyl (C=O) groups excluding carboxylic acids is 2. The molecule has 2 heterocycles. The molecule has 1 N–H and O–H groups in total. The number of fused-ring (bicyclic) bond motifs is 1. The third-order valence-electron chi connectivity index (χ3n) is 4.46. The molecule has 1 aromatic carbocycles. The molecule has 0 spiro atoms. The normalized spacial score (nSPS) is 14.3. The van der Waals surface area contributed by atoms with Gasteiger partial charge >= 0.3 is 0 Å². The Hall–Kier alpha value is -2.76. The highest BCUT2D eigenvalue weighted by molar-refractivity contribution is 6.03. The number of unbranched alkanes of at least 4 members (excludes halogenated alkanes) is 1. The fourth-order valence-electron chi connectivity index (χ4n) is 2.88. The second-order valence-corrected chi connectivity index (χ2v) is 6.27. The maximum atomic E-state index is 12.5. The van der Waals surface area contributed by atoms with Crippen LogP contribution in [0.5, 0.6) is 0 Å². The summed E-state index contributed by atoms with van der Waals surface area (Å²) in [4.78, 5) is 34.9. The second kappa shape index (κ2) is 7.42. The van der Waals surface area contributed by atoms with Gasteiger partial charge < -0.3 is 4.90 Å². The summed E-state index contributed by atoms with van der Waals surface area (Å²) in [5, 5.41) is 2.69. The molecule has 0 radical (unpaired) electrons. The Labute approximate surface area is 147 Å². The molecule has 0 unspecified atom stereocenters. The zero-order valence-electron chi connectivity index (χ0n) is 14.5. The molecule has 2 aromatic rings. The summed E-state index contributed by atoms with van der Waals surface area (Å²) in [5.41, 5.74) is 2.67. The Morgan fingerprint density at radius 1 is 1.28 bits per heavy atom. The van der Waals surface area contributed by atoms with E-state index in [4.69, 9.17) is 0 Å². The van der Waals surface area contributed by atoms with Gasteiger partial charge in [0.15, 0.2) is 0 Å². The van der Waals surface area contributed by atoms with E-state index < -0.39 is 6.04 Å². The topological polar surface area (TPSA) is 75.2 Å². The van der Waals surface area contributed by atoms with Gasteiger partial charge in [-0.1, -0.05) is 31.5 Å². The molecule has 3 rings (SSSR count). The van der Waals surface area contributed by atoms with Crippen molar-refractivity contribution in [2.75, 3.05) is 5.32 Å². The maximum absolute atomic E-state index is 12.5. The van der Waals surface area contributed by atoms with Crippen molar-refractivity contribution < 1.29 is 9.59 Å². The van der Waals surface area contributed by atoms with E-state index in [-0.39, 0.29) is 17.8 Å². The van der Waals surface area contributed by atoms with E-state index in [1.54, 1.807) is 30.3 Å². The number of aromatic nitrogens is 2. The van der Waals surface area contributed by atoms with Gasteiger partial charge in [0.25, 0.3) is 5.91 Å². The first-order valence-electron chi connectivity index (χ1n) is 8.60. The zero-order chi connectivity index (χ0) is 17.8. The van der Waals surface area contributed by atoms with Crippen molar-refractivity contribution in [1.82, 2.24) is 14.9 Å². The van der Waals surface area contributed by atoms with Crippen LogP contribution in [-0.2, 0) is 17.8 Å². The van der Waals surface area contributed by atoms with Gasteiger partial charge in [-0.25, -0.2) is 9.97 Å². The third kappa shape index (κ3) is 3.68. The van der Waals surface area contributed by atoms with Crippen molar-refractivity contribution >= 4 is 17.8 Å². The van der Waals surface area contributed by atoms with Crippen LogP contribution in [0.2, 0.25) is 0 Å². The Balaban J connectivity index is 1.63. The minimum Gasteiger partial charge on any atom is -0.323 e. The molecule has 1 atom stereocenters. The van der Waals surface area contributed by atoms with Crippen molar-refractivity contribution in [2.45, 2.75) is 45.7 Å². The summed E-state index contributed by atoms with van der Waals surface area (Å²) in [6.45, 7) is 4.30. The van der Waals surface area contributed by atoms with Gasteiger partial charge in [-0.3, -0.25) is 14.9 Å². The number of hydrogen-bond donors (Lipinski definition) is 1. The lowest BCUT2D eigenvalue weighted by Crippen LogP contribution is -2.42. The minimum atomic E-state index is -0.594. The van der Waals surface area contributed by atoms with Crippen LogP contribution in [0.25, 0.3) is 0 Å². The number of anilines is 1. The first kappa shape index (κ1) is 17.1. The van der Waals surface area contributed by atoms with Gasteiger partial charge in [0.1, 0.15) is 6.04 Å². The molecule has 2 amide bonds. The van der Waals surface area contributed by atoms with Crippen LogP contribution < -0.4 is 5.32 Å². The van der Waals surface area contributed by atoms with E-state index in [0.29, 0.717) is 12.1 Å². The summed E-state index contributed by atoms with van der Waals surface area (Å²) in [6.07, 6.45) is 6.60. The van der Waals surface area contributed by atoms with Crippen LogP contribution in [0, 0.1) is 0 Å². The summed E-state index contributed by atoms with van der Waals surface area (Å²) < 4.78 is 0. The average molecular weight is 338 g/mol. The number of hydrogen-bond acceptors (Lipinski definition) is 4. The molecule has 0 fully saturated rings. The Morgan fingerprint density at radius 2 is 2.00 bits per heavy atom. The van der Waals surface area contributed by atoms with Gasteiger partial charge in [0, 0.05) is 24.5 Å². The lowest BCUT2D eigenvalue weighted by Gasteiger charge is -2.22. The molecule has 6 nitrogen and oxygen atoms in total. The molecule has 0 saturated carbocycles. The lowest BCUT2D eigenvalue weighted by molar-refractivity contribution is -0.120. The molecule has 6 heteroatoms. The maximum Gasteiger partial charge on any atom is 0.255 e. The van der Waals surface area contributed by atoms with Gasteiger partial charge in [-0.05, 0) is 37.0 Å². The molecule has 130 valence electrons. The molecule has 1 aliphatic heterocycles. The quantitative estimate of drug-likeness (QED) is 0.879. The van der Waals surface area contributed by atoms with E-state index in [0.717, 1.165) is 30.4 Å². The van der Waals surface area contributed by atoms with E-state index >= 15 is 0 Å². The fraction of sp³-hybridized carbons (Fsp3) is 0.368. The molecule has 0 aliphatic carbocycles. The molecule has 25 heavy (non-hydrogen) atoms. The largest absolute Gasteiger partial charge is 0.323 e. The lowest BCUT2D eigenvalue weighted by atomic mass is 10.1. The Morgan fingerprint density at radius 3 is 2.68 bits per heavy atom. The van der Waals surface area contributed by atoms with Crippen LogP contribution in [0.4, 0.5) is 5.95 Å². The van der Waals surface area contributed by atoms with Gasteiger partial charge in [0.2, 0.25) is 11.9 Å². The van der Waals surface area contributed by atoms with Crippen molar-refractivity contribution in [2.24, 2.45) is 0 Å². The van der Waals surface area contributed by atoms with Crippen molar-refractivity contribution in [1.29, 1.82) is 0 Å². The van der Waals surface area contributed by atoms with Gasteiger partial charge in [-0.15, -0.1) is 0 Å². The summed E-state index contributed by atoms with van der Waals surface area (Å²) >= 11 is 0. The van der Waals surface area contributed by atoms with E-state index in [1.165, 1.54) is 0 Å². The van der Waals surface area contributed by atoms with Gasteiger partial charge in [-0.2, -0.15) is 0 Å². The fourth-order valence-corrected chi connectivity index (χ4v) is 2.88. The number of amides is 2. The molecule has 0 saturated heterocycles. The Kier molecular flexibility index (Phi) is 5.07. The number of rotatable bonds is 6. The third-order valence-corrected chi connectivity index (χ3v) is 4.46. The predicted octanol–water partition coefficient (Wildman–Crippen LogP) is 2.80. The van der Waals surface area contributed by atoms with Crippen LogP contribution in [0.1, 0.15) is 48.2 Å². The smallest absolute Gasteiger partial charge is 0.255 e. The average Bonchev–Trinajstić information content (AvgIpc) is 2.97. The van der Waals surface area contributed by atoms with Crippen LogP contribution in [-0.4, -0.2) is 32.7 Å². The highest BCUT2D eigenvalue weighted by Crippen LogP contribution is 2.24. The Bertz CT molecular complexity index is 773. The molecule has 1 aromatic heterocycles. The summed E-state index contributed by atoms with van der Waals surface area (Å²) in [6, 6.07) is 6.84. The minimum absolute atomic E-state index is 0.117. The van der Waals surface area contributed by atoms with Crippen LogP contribution in [0.3, 0.4) is 0 Å². The van der Waals surface area contributed by atoms with Crippen molar-refractivity contribution in [3.05, 3.63) is 53.3 Å². The monoisotopic (exact) mass is 338 g/mol. The number of nitrogens with one attached hydrogen (secondary N) is 1. The zero-order valence-corrected chi connectivity index (χ0v) is 14.5. The van der Waals surface area contributed by atoms with Crippen molar-refractivity contribution in [3.63, 3.8) is 0 Å². The highest BCUT2D eigenvalue weighted by Gasteiger charge is 2.33. The number of nitrogens with zero attached hydrogens (tertiary/aromatic N) is 3. The van der Waals surface area contributed by atoms with E-state index in [1.807, 2.05) is 18.2 Å². The second-order valence-electron chi connectivity index (χ2n) is 6.27. The highest BCUT2D eigenvalue weighted by atomic mass is 16.2. The number of aryl methyl sites for hydroxylation is 1. The predicted molar refractivity (Wildman–Crippen MR) is 95.1 cm³/mol. The first-order chi connectivity index (χ1) is 12.1. The van der Waals surface area contributed by atoms with Crippen LogP contribution >= 0.6 is 0 Å². The number of benzene rings is 1. The summed E-state index contributed by atoms with van der Waals surface area (Å²) in [7, 11) is 0. The molecular weight excluding hydrogens is 316 g/mol. The molecular formula is C19H22N4O2. The standard InChI is InChI=1S/C19H22N4O2/c1-3-4-7-14-10-20-19(21-11-14)22-17(24)13(2)23-12-15-8-5-6-9-16(15)18(23)25/h5-6,8-11,13H,3-4,7,12H2,1-2H3,(H,20,21,22,24)/t13-/m1/s1. The van der Waals surface area contributed by atoms with Crippen LogP contribution in [0.15, 0.2) is 36.7 Å². The first-order valence-corrected chi connectivity index (χ1v) is 8.60. The van der Waals surface area contributed by atoms with Gasteiger partial charge in [0.05, 0.1) is 0 Å². The molecule has 1 aliphatic rings. The van der Waals surface area contributed by atoms with E-state index in [2.05, 4.69) is 22.2 Å². The van der Waals surface area contributed by atoms with E-state index in [9.17, 15) is 9.59 Å². The number of carbonyl (C=O) groups is 2.